The molecule has 1 aliphatic carbocycles. The minimum atomic E-state index is 0.115. The molecule has 0 amide bonds. The molecule has 10 heteroatoms. The number of hydrogen-bond acceptors (Lipinski definition) is 6. The highest BCUT2D eigenvalue weighted by atomic mass is 32.1. The molecule has 0 atom stereocenters. The fourth-order valence-electron chi connectivity index (χ4n) is 5.55. The van der Waals surface area contributed by atoms with Crippen molar-refractivity contribution in [2.75, 3.05) is 0 Å². The zero-order chi connectivity index (χ0) is 30.2. The average molecular weight is 609 g/mol. The van der Waals surface area contributed by atoms with Gasteiger partial charge in [-0.2, -0.15) is 10.2 Å². The van der Waals surface area contributed by atoms with Gasteiger partial charge in [-0.15, -0.1) is 0 Å². The van der Waals surface area contributed by atoms with Crippen LogP contribution in [0.4, 0.5) is 0 Å². The summed E-state index contributed by atoms with van der Waals surface area (Å²) in [4.78, 5) is 10.7. The van der Waals surface area contributed by atoms with Crippen LogP contribution >= 0.6 is 24.4 Å². The van der Waals surface area contributed by atoms with E-state index in [1.54, 1.807) is 12.4 Å². The zero-order valence-electron chi connectivity index (χ0n) is 23.2. The van der Waals surface area contributed by atoms with Crippen molar-refractivity contribution in [3.63, 3.8) is 0 Å². The summed E-state index contributed by atoms with van der Waals surface area (Å²) in [6, 6.07) is 33.1. The van der Waals surface area contributed by atoms with Crippen molar-refractivity contribution < 1.29 is 0 Å². The molecular formula is C34H24N8S2. The van der Waals surface area contributed by atoms with Crippen LogP contribution in [-0.4, -0.2) is 32.6 Å². The van der Waals surface area contributed by atoms with Crippen LogP contribution in [0.1, 0.15) is 11.1 Å². The number of nitrogens with two attached hydrogens (primary N) is 2. The molecule has 0 bridgehead atoms. The van der Waals surface area contributed by atoms with Crippen LogP contribution in [0.3, 0.4) is 0 Å². The Morgan fingerprint density at radius 1 is 0.568 bits per heavy atom. The number of aromatic nitrogens is 2. The van der Waals surface area contributed by atoms with Crippen LogP contribution in [0, 0.1) is 0 Å². The molecule has 7 rings (SSSR count). The van der Waals surface area contributed by atoms with Crippen molar-refractivity contribution >= 4 is 68.9 Å². The first-order chi connectivity index (χ1) is 21.5. The summed E-state index contributed by atoms with van der Waals surface area (Å²) in [5, 5.41) is 10.7. The van der Waals surface area contributed by atoms with Gasteiger partial charge in [0.2, 0.25) is 0 Å². The van der Waals surface area contributed by atoms with Crippen LogP contribution in [0.5, 0.6) is 0 Å². The summed E-state index contributed by atoms with van der Waals surface area (Å²) in [7, 11) is 0. The molecule has 6 aromatic rings. The lowest BCUT2D eigenvalue weighted by Gasteiger charge is -2.13. The molecule has 1 aliphatic rings. The predicted octanol–water partition coefficient (Wildman–Crippen LogP) is 6.10. The maximum absolute atomic E-state index is 5.47. The predicted molar refractivity (Wildman–Crippen MR) is 187 cm³/mol. The van der Waals surface area contributed by atoms with Crippen molar-refractivity contribution in [3.8, 4) is 44.8 Å². The minimum absolute atomic E-state index is 0.115. The summed E-state index contributed by atoms with van der Waals surface area (Å²) in [5.41, 5.74) is 27.6. The summed E-state index contributed by atoms with van der Waals surface area (Å²) in [6.07, 6.45) is 3.34. The van der Waals surface area contributed by atoms with Gasteiger partial charge in [-0.3, -0.25) is 10.9 Å². The number of benzene rings is 5. The van der Waals surface area contributed by atoms with E-state index < -0.39 is 0 Å². The topological polar surface area (TPSA) is 127 Å². The molecule has 0 radical (unpaired) electrons. The van der Waals surface area contributed by atoms with Crippen molar-refractivity contribution in [3.05, 3.63) is 108 Å². The summed E-state index contributed by atoms with van der Waals surface area (Å²) < 4.78 is 0. The Labute approximate surface area is 263 Å². The molecule has 0 fully saturated rings. The lowest BCUT2D eigenvalue weighted by Crippen LogP contribution is -2.23. The van der Waals surface area contributed by atoms with Crippen LogP contribution in [-0.2, 0) is 0 Å². The number of thiocarbonyl (C=S) groups is 2. The molecule has 0 saturated carbocycles. The first kappa shape index (κ1) is 27.3. The second kappa shape index (κ2) is 11.3. The molecule has 0 unspecified atom stereocenters. The number of hydrogen-bond donors (Lipinski definition) is 4. The lowest BCUT2D eigenvalue weighted by molar-refractivity contribution is 1.04. The smallest absolute Gasteiger partial charge is 0.184 e. The van der Waals surface area contributed by atoms with Crippen molar-refractivity contribution in [1.29, 1.82) is 0 Å². The molecule has 8 nitrogen and oxygen atoms in total. The third-order valence-corrected chi connectivity index (χ3v) is 7.64. The van der Waals surface area contributed by atoms with E-state index in [0.717, 1.165) is 66.9 Å². The summed E-state index contributed by atoms with van der Waals surface area (Å²) in [5.74, 6) is 0. The Morgan fingerprint density at radius 2 is 1.00 bits per heavy atom. The van der Waals surface area contributed by atoms with Crippen LogP contribution in [0.2, 0.25) is 0 Å². The van der Waals surface area contributed by atoms with Gasteiger partial charge in [0.15, 0.2) is 10.2 Å². The Hall–Kier alpha value is -5.58. The van der Waals surface area contributed by atoms with E-state index in [0.29, 0.717) is 0 Å². The maximum Gasteiger partial charge on any atom is 0.184 e. The molecule has 1 heterocycles. The number of rotatable bonds is 6. The van der Waals surface area contributed by atoms with Crippen LogP contribution in [0.15, 0.2) is 107 Å². The van der Waals surface area contributed by atoms with Crippen molar-refractivity contribution in [2.24, 2.45) is 21.7 Å². The van der Waals surface area contributed by atoms with Crippen LogP contribution < -0.4 is 22.3 Å². The van der Waals surface area contributed by atoms with Gasteiger partial charge in [0.25, 0.3) is 0 Å². The van der Waals surface area contributed by atoms with Gasteiger partial charge in [-0.1, -0.05) is 97.1 Å². The fourth-order valence-corrected chi connectivity index (χ4v) is 5.66. The number of nitrogens with one attached hydrogen (secondary N) is 2. The first-order valence-corrected chi connectivity index (χ1v) is 14.5. The van der Waals surface area contributed by atoms with E-state index in [4.69, 9.17) is 45.9 Å². The largest absolute Gasteiger partial charge is 0.375 e. The van der Waals surface area contributed by atoms with Gasteiger partial charge in [0, 0.05) is 27.6 Å². The first-order valence-electron chi connectivity index (χ1n) is 13.7. The van der Waals surface area contributed by atoms with Gasteiger partial charge in [-0.25, -0.2) is 9.97 Å². The summed E-state index contributed by atoms with van der Waals surface area (Å²) in [6.45, 7) is 0. The third-order valence-electron chi connectivity index (χ3n) is 7.46. The van der Waals surface area contributed by atoms with E-state index >= 15 is 0 Å². The Bertz CT molecular complexity index is 2020. The second-order valence-corrected chi connectivity index (χ2v) is 11.1. The standard InChI is InChI=1S/C34H24N8S2/c35-33(43)41-37-17-19-7-11-21(12-8-19)24-15-16-25(22-13-9-20(10-14-22)18-38-42-34(36)44)30-29(24)39-31-26-5-1-3-23-4-2-6-27(28(23)26)32(31)40-30/h1-18H,(H3,35,41,43)(H3,36,42,44)/b37-17+,38-18+. The molecule has 212 valence electrons. The quantitative estimate of drug-likeness (QED) is 0.101. The van der Waals surface area contributed by atoms with Crippen LogP contribution in [0.25, 0.3) is 66.6 Å². The average Bonchev–Trinajstić information content (AvgIpc) is 3.34. The normalized spacial score (nSPS) is 11.8. The van der Waals surface area contributed by atoms with Gasteiger partial charge >= 0.3 is 0 Å². The highest BCUT2D eigenvalue weighted by Gasteiger charge is 2.26. The summed E-state index contributed by atoms with van der Waals surface area (Å²) >= 11 is 9.64. The molecule has 44 heavy (non-hydrogen) atoms. The number of fused-ring (bicyclic) bond motifs is 4. The Balaban J connectivity index is 1.38. The SMILES string of the molecule is NC(=S)N/N=C/c1ccc(-c2ccc(-c3ccc(/C=N/NC(N)=S)cc3)c3nc4c(nc23)-c2cccc3cccc-4c23)cc1. The minimum Gasteiger partial charge on any atom is -0.375 e. The third kappa shape index (κ3) is 5.02. The monoisotopic (exact) mass is 608 g/mol. The Morgan fingerprint density at radius 3 is 1.41 bits per heavy atom. The molecule has 0 spiro atoms. The van der Waals surface area contributed by atoms with E-state index in [2.05, 4.69) is 93.9 Å². The van der Waals surface area contributed by atoms with E-state index in [1.165, 1.54) is 10.8 Å². The van der Waals surface area contributed by atoms with Gasteiger partial charge in [0.1, 0.15) is 0 Å². The van der Waals surface area contributed by atoms with Gasteiger partial charge in [-0.05, 0) is 52.1 Å². The van der Waals surface area contributed by atoms with Gasteiger partial charge in [0.05, 0.1) is 34.9 Å². The fraction of sp³-hybridized carbons (Fsp3) is 0. The van der Waals surface area contributed by atoms with E-state index in [-0.39, 0.29) is 10.2 Å². The second-order valence-electron chi connectivity index (χ2n) is 10.2. The molecule has 0 aliphatic heterocycles. The highest BCUT2D eigenvalue weighted by molar-refractivity contribution is 7.80. The molecular weight excluding hydrogens is 585 g/mol. The van der Waals surface area contributed by atoms with Gasteiger partial charge < -0.3 is 11.5 Å². The molecule has 5 aromatic carbocycles. The van der Waals surface area contributed by atoms with Crippen molar-refractivity contribution in [1.82, 2.24) is 20.8 Å². The maximum atomic E-state index is 5.47. The lowest BCUT2D eigenvalue weighted by atomic mass is 9.96. The van der Waals surface area contributed by atoms with E-state index in [1.807, 2.05) is 24.3 Å². The van der Waals surface area contributed by atoms with Crippen molar-refractivity contribution in [2.45, 2.75) is 0 Å². The Kier molecular flexibility index (Phi) is 6.97. The molecule has 1 aromatic heterocycles. The molecule has 6 N–H and O–H groups in total. The molecule has 0 saturated heterocycles. The number of nitrogens with zero attached hydrogens (tertiary/aromatic N) is 4. The zero-order valence-corrected chi connectivity index (χ0v) is 24.8. The highest BCUT2D eigenvalue weighted by Crippen LogP contribution is 2.47. The van der Waals surface area contributed by atoms with E-state index in [9.17, 15) is 0 Å². The number of hydrazone groups is 2.